The van der Waals surface area contributed by atoms with Gasteiger partial charge >= 0.3 is 10.5 Å². The van der Waals surface area contributed by atoms with Crippen LogP contribution >= 0.6 is 0 Å². The molecule has 0 heterocycles. The highest BCUT2D eigenvalue weighted by molar-refractivity contribution is 7.61. The highest BCUT2D eigenvalue weighted by Crippen LogP contribution is 2.35. The Hall–Kier alpha value is -5.15. The molecule has 0 spiro atoms. The average Bonchev–Trinajstić information content (AvgIpc) is 3.03. The number of benzene rings is 4. The molecule has 4 aromatic carbocycles. The molecule has 0 fully saturated rings. The molecule has 3 N–H and O–H groups in total. The Morgan fingerprint density at radius 3 is 2.07 bits per heavy atom. The Morgan fingerprint density at radius 2 is 1.50 bits per heavy atom. The van der Waals surface area contributed by atoms with E-state index in [0.717, 1.165) is 41.4 Å². The number of carbonyl (C=O) groups excluding carboxylic acids is 1. The first kappa shape index (κ1) is 31.8. The molecule has 1 aliphatic rings. The van der Waals surface area contributed by atoms with Gasteiger partial charge in [0.05, 0.1) is 18.4 Å². The van der Waals surface area contributed by atoms with Crippen LogP contribution in [0.15, 0.2) is 107 Å². The number of nitrogens with one attached hydrogen (secondary N) is 2. The first-order valence-electron chi connectivity index (χ1n) is 14.0. The third kappa shape index (κ3) is 8.02. The van der Waals surface area contributed by atoms with Gasteiger partial charge in [-0.25, -0.2) is 4.79 Å². The summed E-state index contributed by atoms with van der Waals surface area (Å²) in [6.07, 6.45) is 0.826. The van der Waals surface area contributed by atoms with Crippen molar-refractivity contribution in [3.63, 3.8) is 0 Å². The van der Waals surface area contributed by atoms with E-state index in [0.29, 0.717) is 22.7 Å². The van der Waals surface area contributed by atoms with Crippen LogP contribution < -0.4 is 20.3 Å². The second kappa shape index (κ2) is 15.4. The summed E-state index contributed by atoms with van der Waals surface area (Å²) in [5.74, 6) is 2.36. The molecule has 0 bridgehead atoms. The molecule has 0 radical (unpaired) electrons. The molecule has 0 amide bonds. The molecule has 10 heteroatoms. The van der Waals surface area contributed by atoms with E-state index in [9.17, 15) is 18.3 Å². The summed E-state index contributed by atoms with van der Waals surface area (Å²) < 4.78 is 29.8. The van der Waals surface area contributed by atoms with E-state index in [1.807, 2.05) is 111 Å². The van der Waals surface area contributed by atoms with Crippen LogP contribution in [0.3, 0.4) is 0 Å². The first-order valence-corrected chi connectivity index (χ1v) is 15.1. The van der Waals surface area contributed by atoms with Gasteiger partial charge in [0.25, 0.3) is 0 Å². The molecule has 1 unspecified atom stereocenters. The zero-order valence-corrected chi connectivity index (χ0v) is 25.5. The lowest BCUT2D eigenvalue weighted by atomic mass is 9.88. The predicted molar refractivity (Wildman–Crippen MR) is 177 cm³/mol. The van der Waals surface area contributed by atoms with Crippen molar-refractivity contribution in [3.8, 4) is 5.75 Å². The smallest absolute Gasteiger partial charge is 0.316 e. The van der Waals surface area contributed by atoms with Gasteiger partial charge in [-0.3, -0.25) is 0 Å². The molecule has 1 aliphatic carbocycles. The maximum absolute atomic E-state index is 11.5. The number of fused-ring (bicyclic) bond motifs is 1. The van der Waals surface area contributed by atoms with Crippen molar-refractivity contribution in [2.75, 3.05) is 35.7 Å². The van der Waals surface area contributed by atoms with E-state index in [-0.39, 0.29) is 5.57 Å². The molecule has 4 aromatic rings. The SMILES string of the molecule is CCN(CC)c1ccc(OC)c(N=S(=O)=O)c1.O=C=C1c2ccc(Nc3ccccc3)cc2C=C(Nc2ccccc2)C1O. The number of aliphatic hydroxyl groups is 1. The van der Waals surface area contributed by atoms with Crippen molar-refractivity contribution in [2.45, 2.75) is 20.0 Å². The van der Waals surface area contributed by atoms with E-state index < -0.39 is 16.6 Å². The van der Waals surface area contributed by atoms with Gasteiger partial charge in [-0.1, -0.05) is 42.5 Å². The minimum atomic E-state index is -2.48. The normalized spacial score (nSPS) is 13.2. The highest BCUT2D eigenvalue weighted by Gasteiger charge is 2.26. The first-order chi connectivity index (χ1) is 21.4. The van der Waals surface area contributed by atoms with Crippen LogP contribution in [-0.4, -0.2) is 45.8 Å². The van der Waals surface area contributed by atoms with E-state index in [1.54, 1.807) is 12.1 Å². The third-order valence-corrected chi connectivity index (χ3v) is 7.27. The molecule has 0 aliphatic heterocycles. The Balaban J connectivity index is 0.000000225. The Labute approximate surface area is 258 Å². The Morgan fingerprint density at radius 1 is 0.864 bits per heavy atom. The molecule has 9 nitrogen and oxygen atoms in total. The number of anilines is 4. The van der Waals surface area contributed by atoms with Crippen LogP contribution in [-0.2, 0) is 15.3 Å². The maximum atomic E-state index is 11.5. The van der Waals surface area contributed by atoms with Crippen LogP contribution in [0.25, 0.3) is 11.6 Å². The van der Waals surface area contributed by atoms with Crippen molar-refractivity contribution >= 4 is 56.5 Å². The van der Waals surface area contributed by atoms with Crippen molar-refractivity contribution in [1.29, 1.82) is 0 Å². The molecular weight excluding hydrogens is 576 g/mol. The second-order valence-corrected chi connectivity index (χ2v) is 10.3. The molecular formula is C34H34N4O5S. The largest absolute Gasteiger partial charge is 0.494 e. The summed E-state index contributed by atoms with van der Waals surface area (Å²) in [6.45, 7) is 5.78. The van der Waals surface area contributed by atoms with Gasteiger partial charge in [0, 0.05) is 35.8 Å². The number of para-hydroxylation sites is 2. The van der Waals surface area contributed by atoms with Crippen LogP contribution in [0.5, 0.6) is 5.75 Å². The lowest BCUT2D eigenvalue weighted by Gasteiger charge is -2.24. The summed E-state index contributed by atoms with van der Waals surface area (Å²) in [7, 11) is -0.992. The lowest BCUT2D eigenvalue weighted by Crippen LogP contribution is -2.23. The average molecular weight is 611 g/mol. The number of rotatable bonds is 9. The molecule has 44 heavy (non-hydrogen) atoms. The molecule has 1 atom stereocenters. The minimum absolute atomic E-state index is 0.234. The predicted octanol–water partition coefficient (Wildman–Crippen LogP) is 6.71. The number of hydrogen-bond donors (Lipinski definition) is 3. The van der Waals surface area contributed by atoms with Crippen molar-refractivity contribution in [3.05, 3.63) is 114 Å². The summed E-state index contributed by atoms with van der Waals surface area (Å²) in [5, 5.41) is 17.1. The molecule has 0 aromatic heterocycles. The Kier molecular flexibility index (Phi) is 11.1. The zero-order valence-electron chi connectivity index (χ0n) is 24.7. The van der Waals surface area contributed by atoms with E-state index in [2.05, 4.69) is 19.9 Å². The van der Waals surface area contributed by atoms with Crippen LogP contribution in [0.2, 0.25) is 0 Å². The maximum Gasteiger partial charge on any atom is 0.316 e. The number of ether oxygens (including phenoxy) is 1. The number of nitrogens with zero attached hydrogens (tertiary/aromatic N) is 2. The topological polar surface area (TPSA) is 120 Å². The highest BCUT2D eigenvalue weighted by atomic mass is 32.2. The lowest BCUT2D eigenvalue weighted by molar-refractivity contribution is 0.270. The minimum Gasteiger partial charge on any atom is -0.494 e. The summed E-state index contributed by atoms with van der Waals surface area (Å²) in [4.78, 5) is 13.6. The third-order valence-electron chi connectivity index (χ3n) is 6.92. The fourth-order valence-electron chi connectivity index (χ4n) is 4.76. The summed E-state index contributed by atoms with van der Waals surface area (Å²) in [6, 6.07) is 30.4. The van der Waals surface area contributed by atoms with Gasteiger partial charge in [0.2, 0.25) is 0 Å². The second-order valence-electron chi connectivity index (χ2n) is 9.64. The molecule has 226 valence electrons. The molecule has 0 saturated heterocycles. The number of hydrogen-bond acceptors (Lipinski definition) is 9. The number of methoxy groups -OCH3 is 1. The Bertz CT molecular complexity index is 1790. The van der Waals surface area contributed by atoms with Crippen molar-refractivity contribution in [2.24, 2.45) is 4.36 Å². The van der Waals surface area contributed by atoms with E-state index in [4.69, 9.17) is 4.74 Å². The fourth-order valence-corrected chi connectivity index (χ4v) is 5.06. The fraction of sp³-hybridized carbons (Fsp3) is 0.176. The van der Waals surface area contributed by atoms with Gasteiger partial charge in [-0.05, 0) is 85.6 Å². The van der Waals surface area contributed by atoms with Crippen LogP contribution in [0.4, 0.5) is 28.4 Å². The van der Waals surface area contributed by atoms with Gasteiger partial charge < -0.3 is 25.4 Å². The quantitative estimate of drug-likeness (QED) is 0.179. The monoisotopic (exact) mass is 610 g/mol. The number of aliphatic hydroxyl groups excluding tert-OH is 1. The zero-order chi connectivity index (χ0) is 31.5. The van der Waals surface area contributed by atoms with E-state index in [1.165, 1.54) is 7.11 Å². The van der Waals surface area contributed by atoms with Gasteiger partial charge in [0.1, 0.15) is 23.5 Å². The van der Waals surface area contributed by atoms with Gasteiger partial charge in [-0.15, -0.1) is 4.36 Å². The van der Waals surface area contributed by atoms with Crippen LogP contribution in [0, 0.1) is 0 Å². The van der Waals surface area contributed by atoms with E-state index >= 15 is 0 Å². The summed E-state index contributed by atoms with van der Waals surface area (Å²) in [5.41, 5.74) is 6.29. The van der Waals surface area contributed by atoms with Crippen molar-refractivity contribution < 1.29 is 23.1 Å². The van der Waals surface area contributed by atoms with Gasteiger partial charge in [0.15, 0.2) is 0 Å². The van der Waals surface area contributed by atoms with Gasteiger partial charge in [-0.2, -0.15) is 8.42 Å². The molecule has 5 rings (SSSR count). The van der Waals surface area contributed by atoms with Crippen LogP contribution in [0.1, 0.15) is 25.0 Å². The standard InChI is InChI=1S/C23H18N2O2.C11H16N2O3S/c26-15-21-20-12-11-19(24-17-7-3-1-4-8-17)13-16(20)14-22(23(21)27)25-18-9-5-2-6-10-18;1-4-13(5-2)9-6-7-11(16-3)10(8-9)12-17(14)15/h1-14,23-25,27H;6-8H,4-5H2,1-3H3. The molecule has 0 saturated carbocycles. The van der Waals surface area contributed by atoms with Crippen molar-refractivity contribution in [1.82, 2.24) is 0 Å². The summed E-state index contributed by atoms with van der Waals surface area (Å²) >= 11 is 0.